The number of thiophene rings is 1. The number of aromatic nitrogens is 1. The molecule has 2 heterocycles. The normalized spacial score (nSPS) is 10.3. The Labute approximate surface area is 114 Å². The zero-order chi connectivity index (χ0) is 12.8. The minimum atomic E-state index is -0.198. The van der Waals surface area contributed by atoms with Gasteiger partial charge in [0.15, 0.2) is 5.13 Å². The van der Waals surface area contributed by atoms with E-state index in [1.807, 2.05) is 11.4 Å². The summed E-state index contributed by atoms with van der Waals surface area (Å²) in [5, 5.41) is 8.19. The number of hydrogen-bond donors (Lipinski definition) is 1. The number of carbonyl (C=O) groups is 1. The summed E-state index contributed by atoms with van der Waals surface area (Å²) >= 11 is 3.28. The van der Waals surface area contributed by atoms with Gasteiger partial charge in [0.25, 0.3) is 0 Å². The molecule has 2 aromatic heterocycles. The SMILES string of the molecule is COC(=O)CCc1csc(NCc2cccs2)n1. The molecule has 18 heavy (non-hydrogen) atoms. The third-order valence-corrected chi connectivity index (χ3v) is 4.08. The van der Waals surface area contributed by atoms with Crippen LogP contribution in [0.2, 0.25) is 0 Å². The van der Waals surface area contributed by atoms with Gasteiger partial charge in [-0.15, -0.1) is 22.7 Å². The number of esters is 1. The van der Waals surface area contributed by atoms with Crippen LogP contribution in [0.4, 0.5) is 5.13 Å². The Morgan fingerprint density at radius 2 is 2.39 bits per heavy atom. The van der Waals surface area contributed by atoms with Crippen molar-refractivity contribution >= 4 is 33.8 Å². The molecule has 0 bridgehead atoms. The molecule has 4 nitrogen and oxygen atoms in total. The van der Waals surface area contributed by atoms with E-state index in [1.54, 1.807) is 22.7 Å². The second-order valence-electron chi connectivity index (χ2n) is 3.65. The van der Waals surface area contributed by atoms with Crippen molar-refractivity contribution in [2.24, 2.45) is 0 Å². The Kier molecular flexibility index (Phi) is 4.72. The molecule has 0 aliphatic carbocycles. The Balaban J connectivity index is 1.80. The molecule has 0 atom stereocenters. The molecule has 0 spiro atoms. The summed E-state index contributed by atoms with van der Waals surface area (Å²) in [6.45, 7) is 0.793. The molecule has 0 amide bonds. The number of methoxy groups -OCH3 is 1. The summed E-state index contributed by atoms with van der Waals surface area (Å²) in [5.41, 5.74) is 0.930. The predicted molar refractivity (Wildman–Crippen MR) is 74.1 cm³/mol. The number of anilines is 1. The first-order valence-electron chi connectivity index (χ1n) is 5.55. The fourth-order valence-electron chi connectivity index (χ4n) is 1.41. The zero-order valence-electron chi connectivity index (χ0n) is 10.0. The molecule has 0 unspecified atom stereocenters. The number of nitrogens with zero attached hydrogens (tertiary/aromatic N) is 1. The molecule has 0 aromatic carbocycles. The maximum absolute atomic E-state index is 11.0. The van der Waals surface area contributed by atoms with Crippen molar-refractivity contribution in [2.45, 2.75) is 19.4 Å². The average molecular weight is 282 g/mol. The minimum Gasteiger partial charge on any atom is -0.469 e. The fraction of sp³-hybridized carbons (Fsp3) is 0.333. The van der Waals surface area contributed by atoms with Gasteiger partial charge in [-0.1, -0.05) is 6.07 Å². The van der Waals surface area contributed by atoms with E-state index in [-0.39, 0.29) is 5.97 Å². The summed E-state index contributed by atoms with van der Waals surface area (Å²) in [4.78, 5) is 16.7. The van der Waals surface area contributed by atoms with Crippen molar-refractivity contribution in [3.8, 4) is 0 Å². The number of hydrogen-bond acceptors (Lipinski definition) is 6. The molecule has 0 fully saturated rings. The van der Waals surface area contributed by atoms with E-state index in [1.165, 1.54) is 12.0 Å². The van der Waals surface area contributed by atoms with E-state index in [0.29, 0.717) is 12.8 Å². The van der Waals surface area contributed by atoms with Crippen molar-refractivity contribution in [3.05, 3.63) is 33.5 Å². The Morgan fingerprint density at radius 1 is 1.50 bits per heavy atom. The fourth-order valence-corrected chi connectivity index (χ4v) is 2.80. The van der Waals surface area contributed by atoms with Crippen LogP contribution in [-0.4, -0.2) is 18.1 Å². The highest BCUT2D eigenvalue weighted by Gasteiger charge is 2.05. The molecule has 1 N–H and O–H groups in total. The molecule has 0 saturated carbocycles. The lowest BCUT2D eigenvalue weighted by atomic mass is 10.2. The summed E-state index contributed by atoms with van der Waals surface area (Å²) in [7, 11) is 1.40. The van der Waals surface area contributed by atoms with Gasteiger partial charge in [0, 0.05) is 16.7 Å². The third-order valence-electron chi connectivity index (χ3n) is 2.36. The van der Waals surface area contributed by atoms with Crippen LogP contribution in [0.3, 0.4) is 0 Å². The van der Waals surface area contributed by atoms with E-state index in [4.69, 9.17) is 0 Å². The van der Waals surface area contributed by atoms with E-state index >= 15 is 0 Å². The number of rotatable bonds is 6. The highest BCUT2D eigenvalue weighted by Crippen LogP contribution is 2.18. The number of nitrogens with one attached hydrogen (secondary N) is 1. The van der Waals surface area contributed by atoms with Gasteiger partial charge in [-0.2, -0.15) is 0 Å². The molecular formula is C12H14N2O2S2. The third kappa shape index (κ3) is 3.82. The molecule has 0 saturated heterocycles. The van der Waals surface area contributed by atoms with Gasteiger partial charge in [0.2, 0.25) is 0 Å². The van der Waals surface area contributed by atoms with E-state index in [2.05, 4.69) is 26.5 Å². The van der Waals surface area contributed by atoms with Gasteiger partial charge in [0.1, 0.15) is 0 Å². The van der Waals surface area contributed by atoms with Crippen LogP contribution in [0.5, 0.6) is 0 Å². The zero-order valence-corrected chi connectivity index (χ0v) is 11.6. The van der Waals surface area contributed by atoms with Gasteiger partial charge in [-0.05, 0) is 11.4 Å². The maximum atomic E-state index is 11.0. The lowest BCUT2D eigenvalue weighted by Crippen LogP contribution is -2.02. The molecule has 2 rings (SSSR count). The summed E-state index contributed by atoms with van der Waals surface area (Å²) in [5.74, 6) is -0.198. The molecule has 2 aromatic rings. The lowest BCUT2D eigenvalue weighted by Gasteiger charge is -1.99. The van der Waals surface area contributed by atoms with Gasteiger partial charge >= 0.3 is 5.97 Å². The van der Waals surface area contributed by atoms with E-state index in [0.717, 1.165) is 17.4 Å². The first-order chi connectivity index (χ1) is 8.78. The number of aryl methyl sites for hydroxylation is 1. The molecule has 0 aliphatic heterocycles. The van der Waals surface area contributed by atoms with E-state index in [9.17, 15) is 4.79 Å². The number of ether oxygens (including phenoxy) is 1. The maximum Gasteiger partial charge on any atom is 0.305 e. The van der Waals surface area contributed by atoms with Crippen LogP contribution in [0.15, 0.2) is 22.9 Å². The van der Waals surface area contributed by atoms with Gasteiger partial charge < -0.3 is 10.1 Å². The largest absolute Gasteiger partial charge is 0.469 e. The molecular weight excluding hydrogens is 268 g/mol. The quantitative estimate of drug-likeness (QED) is 0.828. The number of thiazole rings is 1. The monoisotopic (exact) mass is 282 g/mol. The Bertz CT molecular complexity index is 494. The first-order valence-corrected chi connectivity index (χ1v) is 7.31. The smallest absolute Gasteiger partial charge is 0.305 e. The Hall–Kier alpha value is -1.40. The molecule has 96 valence electrons. The minimum absolute atomic E-state index is 0.198. The lowest BCUT2D eigenvalue weighted by molar-refractivity contribution is -0.140. The van der Waals surface area contributed by atoms with Crippen molar-refractivity contribution < 1.29 is 9.53 Å². The topological polar surface area (TPSA) is 51.2 Å². The highest BCUT2D eigenvalue weighted by atomic mass is 32.1. The van der Waals surface area contributed by atoms with Crippen LogP contribution >= 0.6 is 22.7 Å². The highest BCUT2D eigenvalue weighted by molar-refractivity contribution is 7.13. The van der Waals surface area contributed by atoms with Crippen LogP contribution in [0, 0.1) is 0 Å². The number of carbonyl (C=O) groups excluding carboxylic acids is 1. The molecule has 0 aliphatic rings. The van der Waals surface area contributed by atoms with Crippen LogP contribution in [0.25, 0.3) is 0 Å². The molecule has 0 radical (unpaired) electrons. The van der Waals surface area contributed by atoms with Crippen LogP contribution in [0.1, 0.15) is 17.0 Å². The van der Waals surface area contributed by atoms with Crippen molar-refractivity contribution in [1.82, 2.24) is 4.98 Å². The Morgan fingerprint density at radius 3 is 3.11 bits per heavy atom. The molecule has 6 heteroatoms. The summed E-state index contributed by atoms with van der Waals surface area (Å²) in [6, 6.07) is 4.12. The van der Waals surface area contributed by atoms with Crippen LogP contribution < -0.4 is 5.32 Å². The van der Waals surface area contributed by atoms with Crippen molar-refractivity contribution in [2.75, 3.05) is 12.4 Å². The average Bonchev–Trinajstić information content (AvgIpc) is 3.04. The standard InChI is InChI=1S/C12H14N2O2S2/c1-16-11(15)5-4-9-8-18-12(14-9)13-7-10-3-2-6-17-10/h2-3,6,8H,4-5,7H2,1H3,(H,13,14). The van der Waals surface area contributed by atoms with Crippen molar-refractivity contribution in [1.29, 1.82) is 0 Å². The van der Waals surface area contributed by atoms with Gasteiger partial charge in [-0.25, -0.2) is 4.98 Å². The second kappa shape index (κ2) is 6.51. The van der Waals surface area contributed by atoms with Gasteiger partial charge in [-0.3, -0.25) is 4.79 Å². The van der Waals surface area contributed by atoms with Crippen LogP contribution in [-0.2, 0) is 22.5 Å². The van der Waals surface area contributed by atoms with Gasteiger partial charge in [0.05, 0.1) is 25.8 Å². The summed E-state index contributed by atoms with van der Waals surface area (Å²) in [6.07, 6.45) is 1.01. The van der Waals surface area contributed by atoms with E-state index < -0.39 is 0 Å². The predicted octanol–water partition coefficient (Wildman–Crippen LogP) is 2.92. The summed E-state index contributed by atoms with van der Waals surface area (Å²) < 4.78 is 4.60. The second-order valence-corrected chi connectivity index (χ2v) is 5.54. The van der Waals surface area contributed by atoms with Crippen molar-refractivity contribution in [3.63, 3.8) is 0 Å². The first kappa shape index (κ1) is 13.0.